The minimum absolute atomic E-state index is 0.194. The molecule has 2 bridgehead atoms. The fourth-order valence-corrected chi connectivity index (χ4v) is 5.83. The Kier molecular flexibility index (Phi) is 4.88. The highest BCUT2D eigenvalue weighted by atomic mass is 16.2. The first-order valence-corrected chi connectivity index (χ1v) is 11.2. The Balaban J connectivity index is 1.32. The largest absolute Gasteiger partial charge is 0.342 e. The van der Waals surface area contributed by atoms with Crippen LogP contribution in [0.2, 0.25) is 0 Å². The summed E-state index contributed by atoms with van der Waals surface area (Å²) in [6.45, 7) is 6.43. The van der Waals surface area contributed by atoms with E-state index in [0.29, 0.717) is 36.6 Å². The fraction of sp³-hybridized carbons (Fsp3) is 0.542. The second-order valence-corrected chi connectivity index (χ2v) is 9.24. The summed E-state index contributed by atoms with van der Waals surface area (Å²) in [6, 6.07) is 10.4. The van der Waals surface area contributed by atoms with E-state index in [1.54, 1.807) is 0 Å². The van der Waals surface area contributed by atoms with Crippen LogP contribution in [0.15, 0.2) is 30.3 Å². The molecule has 1 aromatic carbocycles. The van der Waals surface area contributed by atoms with Gasteiger partial charge in [-0.25, -0.2) is 4.68 Å². The van der Waals surface area contributed by atoms with Crippen molar-refractivity contribution in [2.24, 2.45) is 11.8 Å². The van der Waals surface area contributed by atoms with Crippen molar-refractivity contribution in [1.82, 2.24) is 19.6 Å². The summed E-state index contributed by atoms with van der Waals surface area (Å²) in [4.78, 5) is 29.8. The number of aromatic nitrogens is 2. The summed E-state index contributed by atoms with van der Waals surface area (Å²) < 4.78 is 1.94. The lowest BCUT2D eigenvalue weighted by Crippen LogP contribution is -2.61. The molecule has 0 radical (unpaired) electrons. The van der Waals surface area contributed by atoms with E-state index < -0.39 is 0 Å². The Morgan fingerprint density at radius 1 is 1.13 bits per heavy atom. The third kappa shape index (κ3) is 3.32. The zero-order chi connectivity index (χ0) is 20.8. The molecule has 6 nitrogen and oxygen atoms in total. The maximum atomic E-state index is 13.3. The molecule has 0 N–H and O–H groups in total. The van der Waals surface area contributed by atoms with E-state index in [-0.39, 0.29) is 5.91 Å². The Labute approximate surface area is 177 Å². The van der Waals surface area contributed by atoms with E-state index in [2.05, 4.69) is 9.80 Å². The molecular weight excluding hydrogens is 376 g/mol. The smallest absolute Gasteiger partial charge is 0.227 e. The van der Waals surface area contributed by atoms with Gasteiger partial charge in [-0.3, -0.25) is 9.59 Å². The summed E-state index contributed by atoms with van der Waals surface area (Å²) >= 11 is 0. The van der Waals surface area contributed by atoms with Crippen LogP contribution < -0.4 is 0 Å². The lowest BCUT2D eigenvalue weighted by atomic mass is 9.76. The Hall–Kier alpha value is -2.63. The summed E-state index contributed by atoms with van der Waals surface area (Å²) in [5, 5.41) is 4.70. The number of carbonyl (C=O) groups is 2. The molecule has 30 heavy (non-hydrogen) atoms. The molecule has 3 atom stereocenters. The molecule has 3 aliphatic rings. The average molecular weight is 407 g/mol. The number of amides is 2. The first-order chi connectivity index (χ1) is 14.5. The first kappa shape index (κ1) is 19.3. The Morgan fingerprint density at radius 3 is 2.73 bits per heavy atom. The van der Waals surface area contributed by atoms with Crippen LogP contribution in [0.25, 0.3) is 5.69 Å². The topological polar surface area (TPSA) is 58.4 Å². The SMILES string of the molecule is Cc1nn(-c2ccccc2)c(C)c1CC(=O)N1CC2CC(C1)C1CCCC(=O)N1C2. The third-order valence-corrected chi connectivity index (χ3v) is 7.30. The van der Waals surface area contributed by atoms with Gasteiger partial charge in [0, 0.05) is 43.4 Å². The maximum Gasteiger partial charge on any atom is 0.227 e. The molecule has 0 aliphatic carbocycles. The Bertz CT molecular complexity index is 967. The highest BCUT2D eigenvalue weighted by molar-refractivity contribution is 5.80. The molecule has 3 aliphatic heterocycles. The van der Waals surface area contributed by atoms with Gasteiger partial charge in [0.15, 0.2) is 0 Å². The predicted molar refractivity (Wildman–Crippen MR) is 114 cm³/mol. The van der Waals surface area contributed by atoms with Crippen LogP contribution >= 0.6 is 0 Å². The van der Waals surface area contributed by atoms with Gasteiger partial charge in [-0.15, -0.1) is 0 Å². The molecule has 2 aromatic rings. The van der Waals surface area contributed by atoms with Crippen molar-refractivity contribution in [3.63, 3.8) is 0 Å². The summed E-state index contributed by atoms with van der Waals surface area (Å²) in [7, 11) is 0. The van der Waals surface area contributed by atoms with Crippen molar-refractivity contribution in [1.29, 1.82) is 0 Å². The lowest BCUT2D eigenvalue weighted by molar-refractivity contribution is -0.148. The van der Waals surface area contributed by atoms with Crippen molar-refractivity contribution in [2.45, 2.75) is 52.0 Å². The third-order valence-electron chi connectivity index (χ3n) is 7.30. The number of likely N-dealkylation sites (tertiary alicyclic amines) is 1. The standard InChI is InChI=1S/C24H30N4O2/c1-16-21(17(2)28(25-16)20-7-4-3-5-8-20)12-24(30)26-13-18-11-19(15-26)22-9-6-10-23(29)27(22)14-18/h3-5,7-8,18-19,22H,6,9-15H2,1-2H3. The molecule has 158 valence electrons. The van der Waals surface area contributed by atoms with Crippen molar-refractivity contribution in [3.8, 4) is 5.69 Å². The quantitative estimate of drug-likeness (QED) is 0.788. The number of fused-ring (bicyclic) bond motifs is 4. The second-order valence-electron chi connectivity index (χ2n) is 9.24. The molecular formula is C24H30N4O2. The molecule has 4 heterocycles. The number of para-hydroxylation sites is 1. The number of aryl methyl sites for hydroxylation is 1. The monoisotopic (exact) mass is 406 g/mol. The van der Waals surface area contributed by atoms with Crippen molar-refractivity contribution >= 4 is 11.8 Å². The number of benzene rings is 1. The van der Waals surface area contributed by atoms with Crippen LogP contribution in [-0.4, -0.2) is 57.1 Å². The highest BCUT2D eigenvalue weighted by Gasteiger charge is 2.44. The van der Waals surface area contributed by atoms with Crippen molar-refractivity contribution in [3.05, 3.63) is 47.3 Å². The predicted octanol–water partition coefficient (Wildman–Crippen LogP) is 2.89. The van der Waals surface area contributed by atoms with Crippen LogP contribution in [0.3, 0.4) is 0 Å². The average Bonchev–Trinajstić information content (AvgIpc) is 3.03. The van der Waals surface area contributed by atoms with Crippen LogP contribution in [0.1, 0.15) is 42.6 Å². The molecule has 5 rings (SSSR count). The second kappa shape index (κ2) is 7.56. The molecule has 6 heteroatoms. The summed E-state index contributed by atoms with van der Waals surface area (Å²) in [6.07, 6.45) is 4.33. The number of piperidine rings is 3. The first-order valence-electron chi connectivity index (χ1n) is 11.2. The lowest BCUT2D eigenvalue weighted by Gasteiger charge is -2.52. The maximum absolute atomic E-state index is 13.3. The normalized spacial score (nSPS) is 25.9. The van der Waals surface area contributed by atoms with Crippen molar-refractivity contribution < 1.29 is 9.59 Å². The van der Waals surface area contributed by atoms with Crippen LogP contribution in [0.5, 0.6) is 0 Å². The van der Waals surface area contributed by atoms with Gasteiger partial charge in [-0.1, -0.05) is 18.2 Å². The molecule has 0 spiro atoms. The van der Waals surface area contributed by atoms with Gasteiger partial charge >= 0.3 is 0 Å². The van der Waals surface area contributed by atoms with E-state index in [1.165, 1.54) is 0 Å². The van der Waals surface area contributed by atoms with E-state index in [4.69, 9.17) is 5.10 Å². The van der Waals surface area contributed by atoms with Gasteiger partial charge in [-0.2, -0.15) is 5.10 Å². The van der Waals surface area contributed by atoms with Crippen LogP contribution in [-0.2, 0) is 16.0 Å². The van der Waals surface area contributed by atoms with Gasteiger partial charge in [0.2, 0.25) is 11.8 Å². The fourth-order valence-electron chi connectivity index (χ4n) is 5.83. The number of rotatable bonds is 3. The molecule has 3 fully saturated rings. The number of hydrogen-bond donors (Lipinski definition) is 0. The van der Waals surface area contributed by atoms with E-state index in [0.717, 1.165) is 61.5 Å². The number of nitrogens with zero attached hydrogens (tertiary/aromatic N) is 4. The van der Waals surface area contributed by atoms with Crippen LogP contribution in [0, 0.1) is 25.7 Å². The van der Waals surface area contributed by atoms with Gasteiger partial charge in [0.05, 0.1) is 17.8 Å². The van der Waals surface area contributed by atoms with Gasteiger partial charge in [-0.05, 0) is 57.1 Å². The number of hydrogen-bond acceptors (Lipinski definition) is 3. The number of carbonyl (C=O) groups excluding carboxylic acids is 2. The van der Waals surface area contributed by atoms with Crippen LogP contribution in [0.4, 0.5) is 0 Å². The zero-order valence-electron chi connectivity index (χ0n) is 17.9. The zero-order valence-corrected chi connectivity index (χ0v) is 17.9. The van der Waals surface area contributed by atoms with Crippen molar-refractivity contribution in [2.75, 3.05) is 19.6 Å². The minimum Gasteiger partial charge on any atom is -0.342 e. The summed E-state index contributed by atoms with van der Waals surface area (Å²) in [5.41, 5.74) is 4.01. The van der Waals surface area contributed by atoms with E-state index >= 15 is 0 Å². The molecule has 3 unspecified atom stereocenters. The van der Waals surface area contributed by atoms with E-state index in [9.17, 15) is 9.59 Å². The summed E-state index contributed by atoms with van der Waals surface area (Å²) in [5.74, 6) is 1.36. The van der Waals surface area contributed by atoms with Gasteiger partial charge in [0.1, 0.15) is 0 Å². The minimum atomic E-state index is 0.194. The Morgan fingerprint density at radius 2 is 1.93 bits per heavy atom. The van der Waals surface area contributed by atoms with Gasteiger partial charge in [0.25, 0.3) is 0 Å². The molecule has 0 saturated carbocycles. The molecule has 3 saturated heterocycles. The molecule has 2 amide bonds. The molecule has 1 aromatic heterocycles. The van der Waals surface area contributed by atoms with E-state index in [1.807, 2.05) is 48.9 Å². The van der Waals surface area contributed by atoms with Gasteiger partial charge < -0.3 is 9.80 Å². The highest BCUT2D eigenvalue weighted by Crippen LogP contribution is 2.38.